The molecule has 0 fully saturated rings. The van der Waals surface area contributed by atoms with Gasteiger partial charge in [-0.25, -0.2) is 0 Å². The highest BCUT2D eigenvalue weighted by molar-refractivity contribution is 9.11. The quantitative estimate of drug-likeness (QED) is 0.633. The van der Waals surface area contributed by atoms with E-state index in [1.165, 1.54) is 39.1 Å². The highest BCUT2D eigenvalue weighted by Gasteiger charge is 2.14. The van der Waals surface area contributed by atoms with Gasteiger partial charge in [0, 0.05) is 4.88 Å². The summed E-state index contributed by atoms with van der Waals surface area (Å²) in [6.45, 7) is 4.05. The van der Waals surface area contributed by atoms with Gasteiger partial charge in [-0.3, -0.25) is 0 Å². The summed E-state index contributed by atoms with van der Waals surface area (Å²) in [5.74, 6) is 0. The molecule has 1 aliphatic rings. The van der Waals surface area contributed by atoms with Gasteiger partial charge in [0.05, 0.1) is 3.79 Å². The zero-order valence-electron chi connectivity index (χ0n) is 6.19. The highest BCUT2D eigenvalue weighted by atomic mass is 79.9. The predicted octanol–water partition coefficient (Wildman–Crippen LogP) is 3.86. The van der Waals surface area contributed by atoms with E-state index in [1.54, 1.807) is 0 Å². The first kappa shape index (κ1) is 7.56. The van der Waals surface area contributed by atoms with Crippen molar-refractivity contribution in [2.24, 2.45) is 0 Å². The van der Waals surface area contributed by atoms with Gasteiger partial charge in [0.1, 0.15) is 0 Å². The van der Waals surface area contributed by atoms with Gasteiger partial charge >= 0.3 is 0 Å². The van der Waals surface area contributed by atoms with E-state index in [9.17, 15) is 0 Å². The fourth-order valence-corrected chi connectivity index (χ4v) is 3.26. The minimum atomic E-state index is 1.18. The standard InChI is InChI=1S/C9H9BrS/c1-6-3-2-4-8-7(6)5-9(10)11-8/h5H,1-4H2. The monoisotopic (exact) mass is 228 g/mol. The van der Waals surface area contributed by atoms with Gasteiger partial charge in [-0.1, -0.05) is 6.58 Å². The maximum Gasteiger partial charge on any atom is 0.0707 e. The first-order valence-electron chi connectivity index (χ1n) is 3.74. The van der Waals surface area contributed by atoms with Crippen molar-refractivity contribution < 1.29 is 0 Å². The second-order valence-electron chi connectivity index (χ2n) is 2.84. The van der Waals surface area contributed by atoms with Gasteiger partial charge in [-0.05, 0) is 52.4 Å². The van der Waals surface area contributed by atoms with Crippen LogP contribution in [0.1, 0.15) is 23.3 Å². The van der Waals surface area contributed by atoms with Crippen LogP contribution in [-0.4, -0.2) is 0 Å². The number of fused-ring (bicyclic) bond motifs is 1. The van der Waals surface area contributed by atoms with Crippen LogP contribution < -0.4 is 0 Å². The number of aryl methyl sites for hydroxylation is 1. The van der Waals surface area contributed by atoms with Gasteiger partial charge in [0.2, 0.25) is 0 Å². The molecular formula is C9H9BrS. The molecule has 0 unspecified atom stereocenters. The van der Waals surface area contributed by atoms with E-state index in [2.05, 4.69) is 28.6 Å². The first-order chi connectivity index (χ1) is 5.27. The van der Waals surface area contributed by atoms with Crippen LogP contribution in [0.5, 0.6) is 0 Å². The van der Waals surface area contributed by atoms with Crippen molar-refractivity contribution in [1.29, 1.82) is 0 Å². The Morgan fingerprint density at radius 3 is 3.00 bits per heavy atom. The van der Waals surface area contributed by atoms with Crippen molar-refractivity contribution in [3.8, 4) is 0 Å². The smallest absolute Gasteiger partial charge is 0.0707 e. The molecule has 0 bridgehead atoms. The van der Waals surface area contributed by atoms with E-state index < -0.39 is 0 Å². The first-order valence-corrected chi connectivity index (χ1v) is 5.34. The van der Waals surface area contributed by atoms with E-state index in [0.29, 0.717) is 0 Å². The van der Waals surface area contributed by atoms with Crippen LogP contribution in [0, 0.1) is 0 Å². The van der Waals surface area contributed by atoms with E-state index in [4.69, 9.17) is 0 Å². The summed E-state index contributed by atoms with van der Waals surface area (Å²) in [6, 6.07) is 2.20. The van der Waals surface area contributed by atoms with E-state index >= 15 is 0 Å². The molecule has 11 heavy (non-hydrogen) atoms. The Hall–Kier alpha value is -0.0800. The molecule has 0 spiro atoms. The number of thiophene rings is 1. The fourth-order valence-electron chi connectivity index (χ4n) is 1.48. The molecule has 0 aromatic carbocycles. The summed E-state index contributed by atoms with van der Waals surface area (Å²) in [4.78, 5) is 1.51. The topological polar surface area (TPSA) is 0 Å². The summed E-state index contributed by atoms with van der Waals surface area (Å²) >= 11 is 5.35. The minimum absolute atomic E-state index is 1.18. The number of allylic oxidation sites excluding steroid dienone is 1. The van der Waals surface area contributed by atoms with Gasteiger partial charge in [0.15, 0.2) is 0 Å². The average molecular weight is 229 g/mol. The Morgan fingerprint density at radius 2 is 2.27 bits per heavy atom. The van der Waals surface area contributed by atoms with Crippen LogP contribution >= 0.6 is 27.3 Å². The van der Waals surface area contributed by atoms with Gasteiger partial charge in [-0.2, -0.15) is 0 Å². The number of hydrogen-bond donors (Lipinski definition) is 0. The van der Waals surface area contributed by atoms with Crippen molar-refractivity contribution in [1.82, 2.24) is 0 Å². The van der Waals surface area contributed by atoms with Gasteiger partial charge < -0.3 is 0 Å². The zero-order valence-corrected chi connectivity index (χ0v) is 8.59. The van der Waals surface area contributed by atoms with Gasteiger partial charge in [-0.15, -0.1) is 11.3 Å². The molecule has 0 aliphatic heterocycles. The maximum atomic E-state index is 4.05. The lowest BCUT2D eigenvalue weighted by atomic mass is 9.95. The zero-order chi connectivity index (χ0) is 7.84. The Kier molecular flexibility index (Phi) is 1.90. The number of rotatable bonds is 0. The molecule has 1 aliphatic carbocycles. The molecule has 0 amide bonds. The van der Waals surface area contributed by atoms with Crippen LogP contribution in [0.3, 0.4) is 0 Å². The molecule has 0 radical (unpaired) electrons. The lowest BCUT2D eigenvalue weighted by molar-refractivity contribution is 0.839. The third kappa shape index (κ3) is 1.30. The Morgan fingerprint density at radius 1 is 1.45 bits per heavy atom. The molecule has 0 N–H and O–H groups in total. The molecule has 1 aromatic rings. The average Bonchev–Trinajstić information content (AvgIpc) is 2.31. The number of halogens is 1. The molecule has 0 atom stereocenters. The van der Waals surface area contributed by atoms with Crippen molar-refractivity contribution in [3.63, 3.8) is 0 Å². The molecule has 0 saturated carbocycles. The Balaban J connectivity index is 2.52. The van der Waals surface area contributed by atoms with E-state index in [-0.39, 0.29) is 0 Å². The summed E-state index contributed by atoms with van der Waals surface area (Å²) in [5.41, 5.74) is 2.71. The van der Waals surface area contributed by atoms with Crippen LogP contribution in [-0.2, 0) is 6.42 Å². The van der Waals surface area contributed by atoms with Gasteiger partial charge in [0.25, 0.3) is 0 Å². The lowest BCUT2D eigenvalue weighted by Crippen LogP contribution is -1.95. The Labute approximate surface area is 79.1 Å². The molecule has 0 saturated heterocycles. The summed E-state index contributed by atoms with van der Waals surface area (Å²) < 4.78 is 1.24. The largest absolute Gasteiger partial charge is 0.133 e. The Bertz CT molecular complexity index is 299. The SMILES string of the molecule is C=C1CCCc2sc(Br)cc21. The summed E-state index contributed by atoms with van der Waals surface area (Å²) in [5, 5.41) is 0. The second-order valence-corrected chi connectivity index (χ2v) is 5.36. The van der Waals surface area contributed by atoms with Crippen molar-refractivity contribution in [2.75, 3.05) is 0 Å². The summed E-state index contributed by atoms with van der Waals surface area (Å²) in [7, 11) is 0. The van der Waals surface area contributed by atoms with E-state index in [1.807, 2.05) is 11.3 Å². The summed E-state index contributed by atoms with van der Waals surface area (Å²) in [6.07, 6.45) is 3.69. The highest BCUT2D eigenvalue weighted by Crippen LogP contribution is 2.37. The molecule has 1 heterocycles. The fraction of sp³-hybridized carbons (Fsp3) is 0.333. The third-order valence-corrected chi connectivity index (χ3v) is 3.74. The number of hydrogen-bond acceptors (Lipinski definition) is 1. The molecule has 0 nitrogen and oxygen atoms in total. The molecule has 58 valence electrons. The lowest BCUT2D eigenvalue weighted by Gasteiger charge is -2.12. The minimum Gasteiger partial charge on any atom is -0.133 e. The van der Waals surface area contributed by atoms with Crippen LogP contribution in [0.2, 0.25) is 0 Å². The normalized spacial score (nSPS) is 16.6. The molecule has 2 heteroatoms. The second kappa shape index (κ2) is 2.76. The van der Waals surface area contributed by atoms with Crippen molar-refractivity contribution in [2.45, 2.75) is 19.3 Å². The van der Waals surface area contributed by atoms with E-state index in [0.717, 1.165) is 0 Å². The van der Waals surface area contributed by atoms with Crippen LogP contribution in [0.4, 0.5) is 0 Å². The molecule has 2 rings (SSSR count). The van der Waals surface area contributed by atoms with Crippen molar-refractivity contribution in [3.05, 3.63) is 26.9 Å². The third-order valence-electron chi connectivity index (χ3n) is 2.04. The molecular weight excluding hydrogens is 220 g/mol. The van der Waals surface area contributed by atoms with Crippen LogP contribution in [0.15, 0.2) is 16.4 Å². The molecule has 1 aromatic heterocycles. The van der Waals surface area contributed by atoms with Crippen LogP contribution in [0.25, 0.3) is 5.57 Å². The maximum absolute atomic E-state index is 4.05. The van der Waals surface area contributed by atoms with Crippen molar-refractivity contribution >= 4 is 32.8 Å². The predicted molar refractivity (Wildman–Crippen MR) is 54.0 cm³/mol.